The number of ketones is 1. The predicted octanol–water partition coefficient (Wildman–Crippen LogP) is 3.71. The van der Waals surface area contributed by atoms with Gasteiger partial charge in [-0.15, -0.1) is 0 Å². The van der Waals surface area contributed by atoms with E-state index in [1.165, 1.54) is 19.1 Å². The van der Waals surface area contributed by atoms with Crippen LogP contribution < -0.4 is 9.47 Å². The average Bonchev–Trinajstić information content (AvgIpc) is 3.03. The lowest BCUT2D eigenvalue weighted by Crippen LogP contribution is -2.30. The molecule has 1 N–H and O–H groups in total. The fourth-order valence-electron chi connectivity index (χ4n) is 3.75. The molecule has 1 aromatic heterocycles. The second-order valence-corrected chi connectivity index (χ2v) is 7.02. The van der Waals surface area contributed by atoms with Crippen LogP contribution in [-0.2, 0) is 9.59 Å². The number of benzene rings is 1. The maximum Gasteiger partial charge on any atom is 0.295 e. The number of hydrogen-bond acceptors (Lipinski definition) is 6. The minimum Gasteiger partial charge on any atom is -0.506 e. The van der Waals surface area contributed by atoms with Crippen LogP contribution in [0.4, 0.5) is 0 Å². The minimum atomic E-state index is -0.723. The fourth-order valence-corrected chi connectivity index (χ4v) is 3.75. The number of unbranched alkanes of at least 4 members (excludes halogenated alkanes) is 2. The molecular weight excluding hydrogens is 384 g/mol. The molecule has 7 heteroatoms. The van der Waals surface area contributed by atoms with Crippen molar-refractivity contribution < 1.29 is 24.2 Å². The number of pyridine rings is 1. The Morgan fingerprint density at radius 1 is 1.07 bits per heavy atom. The summed E-state index contributed by atoms with van der Waals surface area (Å²) < 4.78 is 10.8. The van der Waals surface area contributed by atoms with Crippen LogP contribution in [0.15, 0.2) is 48.3 Å². The van der Waals surface area contributed by atoms with Crippen molar-refractivity contribution in [2.45, 2.75) is 32.2 Å². The van der Waals surface area contributed by atoms with Crippen LogP contribution in [0, 0.1) is 0 Å². The van der Waals surface area contributed by atoms with Crippen LogP contribution in [0.2, 0.25) is 0 Å². The molecule has 3 rings (SSSR count). The summed E-state index contributed by atoms with van der Waals surface area (Å²) in [4.78, 5) is 31.5. The molecule has 1 aliphatic rings. The Hall–Kier alpha value is -3.35. The molecule has 0 aliphatic carbocycles. The highest BCUT2D eigenvalue weighted by atomic mass is 16.5. The lowest BCUT2D eigenvalue weighted by Gasteiger charge is -2.25. The summed E-state index contributed by atoms with van der Waals surface area (Å²) in [6.07, 6.45) is 5.90. The van der Waals surface area contributed by atoms with Gasteiger partial charge in [0, 0.05) is 18.9 Å². The van der Waals surface area contributed by atoms with E-state index in [0.717, 1.165) is 19.3 Å². The first kappa shape index (κ1) is 21.4. The molecule has 1 aromatic carbocycles. The van der Waals surface area contributed by atoms with Gasteiger partial charge in [-0.3, -0.25) is 14.6 Å². The highest BCUT2D eigenvalue weighted by Crippen LogP contribution is 2.43. The molecule has 0 radical (unpaired) electrons. The van der Waals surface area contributed by atoms with Gasteiger partial charge in [0.25, 0.3) is 11.7 Å². The van der Waals surface area contributed by atoms with E-state index in [2.05, 4.69) is 11.9 Å². The zero-order chi connectivity index (χ0) is 21.7. The number of Topliss-reactive ketones (excluding diaryl/α,β-unsaturated/α-hetero) is 1. The third-order valence-electron chi connectivity index (χ3n) is 5.23. The monoisotopic (exact) mass is 410 g/mol. The average molecular weight is 410 g/mol. The Morgan fingerprint density at radius 2 is 1.70 bits per heavy atom. The number of aliphatic hydroxyl groups is 1. The highest BCUT2D eigenvalue weighted by Gasteiger charge is 2.46. The molecule has 1 fully saturated rings. The largest absolute Gasteiger partial charge is 0.506 e. The van der Waals surface area contributed by atoms with Crippen molar-refractivity contribution >= 4 is 17.4 Å². The normalized spacial score (nSPS) is 18.0. The van der Waals surface area contributed by atoms with Gasteiger partial charge in [-0.25, -0.2) is 0 Å². The third kappa shape index (κ3) is 3.87. The molecule has 2 heterocycles. The second kappa shape index (κ2) is 9.43. The molecule has 0 saturated carbocycles. The van der Waals surface area contributed by atoms with Gasteiger partial charge in [-0.05, 0) is 36.2 Å². The number of likely N-dealkylation sites (tertiary alicyclic amines) is 1. The first-order valence-electron chi connectivity index (χ1n) is 9.94. The fraction of sp³-hybridized carbons (Fsp3) is 0.348. The number of ether oxygens (including phenoxy) is 2. The Bertz CT molecular complexity index is 933. The summed E-state index contributed by atoms with van der Waals surface area (Å²) in [5.41, 5.74) is 0.967. The third-order valence-corrected chi connectivity index (χ3v) is 5.23. The lowest BCUT2D eigenvalue weighted by molar-refractivity contribution is -0.139. The number of hydrogen-bond donors (Lipinski definition) is 1. The van der Waals surface area contributed by atoms with E-state index < -0.39 is 17.7 Å². The maximum absolute atomic E-state index is 13.0. The van der Waals surface area contributed by atoms with Crippen molar-refractivity contribution in [1.29, 1.82) is 0 Å². The molecule has 2 aromatic rings. The highest BCUT2D eigenvalue weighted by molar-refractivity contribution is 6.46. The Kier molecular flexibility index (Phi) is 6.72. The summed E-state index contributed by atoms with van der Waals surface area (Å²) >= 11 is 0. The number of carbonyl (C=O) groups is 2. The second-order valence-electron chi connectivity index (χ2n) is 7.02. The maximum atomic E-state index is 13.0. The Morgan fingerprint density at radius 3 is 2.27 bits per heavy atom. The number of rotatable bonds is 8. The molecule has 1 amide bonds. The summed E-state index contributed by atoms with van der Waals surface area (Å²) in [6, 6.07) is 7.83. The van der Waals surface area contributed by atoms with Gasteiger partial charge in [0.2, 0.25) is 0 Å². The van der Waals surface area contributed by atoms with Gasteiger partial charge in [0.15, 0.2) is 0 Å². The molecular formula is C23H26N2O5. The van der Waals surface area contributed by atoms with Gasteiger partial charge in [0.1, 0.15) is 22.8 Å². The smallest absolute Gasteiger partial charge is 0.295 e. The van der Waals surface area contributed by atoms with E-state index in [9.17, 15) is 14.7 Å². The van der Waals surface area contributed by atoms with Crippen LogP contribution in [0.25, 0.3) is 5.76 Å². The SMILES string of the molecule is CCCCCN1C(=O)C(=O)/C(=C(/O)c2c(OC)cccc2OC)C1c1ccncc1. The number of carbonyl (C=O) groups excluding carboxylic acids is 2. The van der Waals surface area contributed by atoms with Crippen molar-refractivity contribution in [3.63, 3.8) is 0 Å². The van der Waals surface area contributed by atoms with Crippen molar-refractivity contribution in [2.24, 2.45) is 0 Å². The van der Waals surface area contributed by atoms with Crippen molar-refractivity contribution in [3.8, 4) is 11.5 Å². The van der Waals surface area contributed by atoms with E-state index >= 15 is 0 Å². The van der Waals surface area contributed by atoms with Crippen LogP contribution in [-0.4, -0.2) is 47.4 Å². The molecule has 1 unspecified atom stereocenters. The van der Waals surface area contributed by atoms with E-state index in [0.29, 0.717) is 23.6 Å². The summed E-state index contributed by atoms with van der Waals surface area (Å²) in [5.74, 6) is -0.973. The lowest BCUT2D eigenvalue weighted by atomic mass is 9.95. The molecule has 30 heavy (non-hydrogen) atoms. The molecule has 0 spiro atoms. The van der Waals surface area contributed by atoms with Crippen LogP contribution >= 0.6 is 0 Å². The first-order chi connectivity index (χ1) is 14.5. The van der Waals surface area contributed by atoms with E-state index in [1.54, 1.807) is 42.7 Å². The molecule has 1 saturated heterocycles. The van der Waals surface area contributed by atoms with Crippen molar-refractivity contribution in [1.82, 2.24) is 9.88 Å². The van der Waals surface area contributed by atoms with Gasteiger partial charge in [0.05, 0.1) is 25.8 Å². The van der Waals surface area contributed by atoms with Crippen LogP contribution in [0.5, 0.6) is 11.5 Å². The Labute approximate surface area is 175 Å². The number of methoxy groups -OCH3 is 2. The van der Waals surface area contributed by atoms with Gasteiger partial charge < -0.3 is 19.5 Å². The number of aromatic nitrogens is 1. The first-order valence-corrected chi connectivity index (χ1v) is 9.94. The topological polar surface area (TPSA) is 89.0 Å². The number of nitrogens with zero attached hydrogens (tertiary/aromatic N) is 2. The van der Waals surface area contributed by atoms with E-state index in [1.807, 2.05) is 0 Å². The standard InChI is InChI=1S/C23H26N2O5/c1-4-5-6-14-25-20(15-10-12-24-13-11-15)19(22(27)23(25)28)21(26)18-16(29-2)8-7-9-17(18)30-3/h7-13,20,26H,4-6,14H2,1-3H3/b21-19+. The van der Waals surface area contributed by atoms with Crippen molar-refractivity contribution in [3.05, 3.63) is 59.4 Å². The zero-order valence-corrected chi connectivity index (χ0v) is 17.4. The molecule has 1 atom stereocenters. The van der Waals surface area contributed by atoms with E-state index in [4.69, 9.17) is 9.47 Å². The summed E-state index contributed by atoms with van der Waals surface area (Å²) in [6.45, 7) is 2.49. The summed E-state index contributed by atoms with van der Waals surface area (Å²) in [5, 5.41) is 11.3. The molecule has 1 aliphatic heterocycles. The van der Waals surface area contributed by atoms with E-state index in [-0.39, 0.29) is 16.9 Å². The van der Waals surface area contributed by atoms with Gasteiger partial charge >= 0.3 is 0 Å². The predicted molar refractivity (Wildman–Crippen MR) is 112 cm³/mol. The van der Waals surface area contributed by atoms with Crippen molar-refractivity contribution in [2.75, 3.05) is 20.8 Å². The van der Waals surface area contributed by atoms with Crippen LogP contribution in [0.1, 0.15) is 43.4 Å². The molecule has 0 bridgehead atoms. The molecule has 7 nitrogen and oxygen atoms in total. The van der Waals surface area contributed by atoms with Crippen LogP contribution in [0.3, 0.4) is 0 Å². The number of amides is 1. The molecule has 158 valence electrons. The quantitative estimate of drug-likeness (QED) is 0.309. The Balaban J connectivity index is 2.20. The number of aliphatic hydroxyl groups excluding tert-OH is 1. The minimum absolute atomic E-state index is 0.0190. The zero-order valence-electron chi connectivity index (χ0n) is 17.4. The van der Waals surface area contributed by atoms with Gasteiger partial charge in [-0.1, -0.05) is 25.8 Å². The summed E-state index contributed by atoms with van der Waals surface area (Å²) in [7, 11) is 2.94. The van der Waals surface area contributed by atoms with Gasteiger partial charge in [-0.2, -0.15) is 0 Å².